The molecule has 0 aliphatic rings. The summed E-state index contributed by atoms with van der Waals surface area (Å²) in [7, 11) is -0.313. The summed E-state index contributed by atoms with van der Waals surface area (Å²) < 4.78 is 34.7. The van der Waals surface area contributed by atoms with Gasteiger partial charge in [0, 0.05) is 25.0 Å². The molecule has 1 N–H and O–H groups in total. The summed E-state index contributed by atoms with van der Waals surface area (Å²) in [6, 6.07) is 10.4. The zero-order valence-electron chi connectivity index (χ0n) is 14.8. The Labute approximate surface area is 152 Å². The highest BCUT2D eigenvalue weighted by atomic mass is 32.2. The minimum absolute atomic E-state index is 0.141. The van der Waals surface area contributed by atoms with Gasteiger partial charge in [-0.05, 0) is 48.9 Å². The van der Waals surface area contributed by atoms with Crippen LogP contribution in [0.1, 0.15) is 11.3 Å². The van der Waals surface area contributed by atoms with E-state index in [1.54, 1.807) is 56.4 Å². The largest absolute Gasteiger partial charge is 0.497 e. The normalized spacial score (nSPS) is 11.5. The standard InChI is InChI=1S/C18H20N4O3S/c1-13-10-16(25-3)4-5-18(13)26(23,24)20-12-15-11-17(21-22(15)2)14-6-8-19-9-7-14/h4-11,20H,12H2,1-3H3. The summed E-state index contributed by atoms with van der Waals surface area (Å²) in [5.74, 6) is 0.620. The minimum atomic E-state index is -3.64. The number of sulfonamides is 1. The second kappa shape index (κ2) is 7.27. The van der Waals surface area contributed by atoms with Crippen LogP contribution < -0.4 is 9.46 Å². The Hall–Kier alpha value is -2.71. The molecule has 3 rings (SSSR count). The van der Waals surface area contributed by atoms with Crippen LogP contribution in [-0.2, 0) is 23.6 Å². The third-order valence-electron chi connectivity index (χ3n) is 4.07. The summed E-state index contributed by atoms with van der Waals surface area (Å²) in [5.41, 5.74) is 3.08. The van der Waals surface area contributed by atoms with Crippen LogP contribution in [-0.4, -0.2) is 30.3 Å². The molecule has 0 amide bonds. The fourth-order valence-electron chi connectivity index (χ4n) is 2.63. The SMILES string of the molecule is COc1ccc(S(=O)(=O)NCc2cc(-c3ccncc3)nn2C)c(C)c1. The van der Waals surface area contributed by atoms with Crippen LogP contribution in [0.2, 0.25) is 0 Å². The van der Waals surface area contributed by atoms with Crippen molar-refractivity contribution in [2.75, 3.05) is 7.11 Å². The number of rotatable bonds is 6. The average molecular weight is 372 g/mol. The number of nitrogens with one attached hydrogen (secondary N) is 1. The van der Waals surface area contributed by atoms with Gasteiger partial charge in [-0.15, -0.1) is 0 Å². The van der Waals surface area contributed by atoms with E-state index < -0.39 is 10.0 Å². The third kappa shape index (κ3) is 3.76. The van der Waals surface area contributed by atoms with Gasteiger partial charge in [0.1, 0.15) is 5.75 Å². The Kier molecular flexibility index (Phi) is 5.06. The second-order valence-corrected chi connectivity index (χ2v) is 7.57. The van der Waals surface area contributed by atoms with Gasteiger partial charge in [-0.25, -0.2) is 13.1 Å². The van der Waals surface area contributed by atoms with Crippen molar-refractivity contribution in [3.8, 4) is 17.0 Å². The van der Waals surface area contributed by atoms with Crippen molar-refractivity contribution in [3.05, 3.63) is 60.0 Å². The molecule has 136 valence electrons. The summed E-state index contributed by atoms with van der Waals surface area (Å²) in [6.07, 6.45) is 3.39. The maximum absolute atomic E-state index is 12.6. The van der Waals surface area contributed by atoms with E-state index in [4.69, 9.17) is 4.74 Å². The number of aromatic nitrogens is 3. The molecule has 0 spiro atoms. The Balaban J connectivity index is 1.79. The molecule has 2 aromatic heterocycles. The molecule has 0 saturated heterocycles. The van der Waals surface area contributed by atoms with Gasteiger partial charge in [0.25, 0.3) is 0 Å². The summed E-state index contributed by atoms with van der Waals surface area (Å²) in [4.78, 5) is 4.22. The molecular weight excluding hydrogens is 352 g/mol. The Morgan fingerprint density at radius 1 is 1.15 bits per heavy atom. The highest BCUT2D eigenvalue weighted by Crippen LogP contribution is 2.22. The Bertz CT molecular complexity index is 1010. The van der Waals surface area contributed by atoms with Crippen molar-refractivity contribution >= 4 is 10.0 Å². The molecule has 1 aromatic carbocycles. The molecule has 8 heteroatoms. The number of methoxy groups -OCH3 is 1. The number of hydrogen-bond acceptors (Lipinski definition) is 5. The molecule has 0 fully saturated rings. The van der Waals surface area contributed by atoms with E-state index >= 15 is 0 Å². The zero-order chi connectivity index (χ0) is 18.7. The van der Waals surface area contributed by atoms with Gasteiger partial charge in [-0.3, -0.25) is 9.67 Å². The highest BCUT2D eigenvalue weighted by molar-refractivity contribution is 7.89. The lowest BCUT2D eigenvalue weighted by molar-refractivity contribution is 0.414. The average Bonchev–Trinajstić information content (AvgIpc) is 3.01. The first-order valence-electron chi connectivity index (χ1n) is 7.98. The maximum atomic E-state index is 12.6. The molecular formula is C18H20N4O3S. The van der Waals surface area contributed by atoms with E-state index in [9.17, 15) is 8.42 Å². The van der Waals surface area contributed by atoms with Gasteiger partial charge < -0.3 is 4.74 Å². The first-order valence-corrected chi connectivity index (χ1v) is 9.46. The third-order valence-corrected chi connectivity index (χ3v) is 5.63. The van der Waals surface area contributed by atoms with Gasteiger partial charge >= 0.3 is 0 Å². The molecule has 0 saturated carbocycles. The van der Waals surface area contributed by atoms with E-state index in [1.165, 1.54) is 0 Å². The molecule has 0 unspecified atom stereocenters. The predicted molar refractivity (Wildman–Crippen MR) is 98.2 cm³/mol. The Morgan fingerprint density at radius 3 is 2.54 bits per heavy atom. The van der Waals surface area contributed by atoms with Gasteiger partial charge in [0.2, 0.25) is 10.0 Å². The maximum Gasteiger partial charge on any atom is 0.241 e. The molecule has 0 bridgehead atoms. The quantitative estimate of drug-likeness (QED) is 0.717. The molecule has 7 nitrogen and oxygen atoms in total. The number of aryl methyl sites for hydroxylation is 2. The van der Waals surface area contributed by atoms with Crippen molar-refractivity contribution in [2.24, 2.45) is 7.05 Å². The van der Waals surface area contributed by atoms with Gasteiger partial charge in [-0.2, -0.15) is 5.10 Å². The monoisotopic (exact) mass is 372 g/mol. The van der Waals surface area contributed by atoms with Crippen LogP contribution in [0.3, 0.4) is 0 Å². The fraction of sp³-hybridized carbons (Fsp3) is 0.222. The molecule has 26 heavy (non-hydrogen) atoms. The van der Waals surface area contributed by atoms with Gasteiger partial charge in [0.15, 0.2) is 0 Å². The summed E-state index contributed by atoms with van der Waals surface area (Å²) >= 11 is 0. The first-order chi connectivity index (χ1) is 12.4. The molecule has 0 radical (unpaired) electrons. The van der Waals surface area contributed by atoms with Crippen molar-refractivity contribution in [3.63, 3.8) is 0 Å². The van der Waals surface area contributed by atoms with Crippen LogP contribution in [0, 0.1) is 6.92 Å². The number of nitrogens with zero attached hydrogens (tertiary/aromatic N) is 3. The topological polar surface area (TPSA) is 86.1 Å². The van der Waals surface area contributed by atoms with Crippen LogP contribution in [0.5, 0.6) is 5.75 Å². The van der Waals surface area contributed by atoms with Crippen molar-refractivity contribution in [1.82, 2.24) is 19.5 Å². The number of pyridine rings is 1. The smallest absolute Gasteiger partial charge is 0.241 e. The molecule has 0 atom stereocenters. The second-order valence-electron chi connectivity index (χ2n) is 5.84. The zero-order valence-corrected chi connectivity index (χ0v) is 15.6. The fourth-order valence-corrected chi connectivity index (χ4v) is 3.86. The van der Waals surface area contributed by atoms with E-state index in [0.29, 0.717) is 11.3 Å². The molecule has 3 aromatic rings. The van der Waals surface area contributed by atoms with E-state index in [2.05, 4.69) is 14.8 Å². The van der Waals surface area contributed by atoms with Gasteiger partial charge in [0.05, 0.1) is 29.9 Å². The van der Waals surface area contributed by atoms with E-state index in [-0.39, 0.29) is 11.4 Å². The van der Waals surface area contributed by atoms with Crippen LogP contribution in [0.4, 0.5) is 0 Å². The highest BCUT2D eigenvalue weighted by Gasteiger charge is 2.18. The van der Waals surface area contributed by atoms with Crippen LogP contribution in [0.25, 0.3) is 11.3 Å². The predicted octanol–water partition coefficient (Wildman–Crippen LogP) is 2.28. The van der Waals surface area contributed by atoms with Gasteiger partial charge in [-0.1, -0.05) is 0 Å². The summed E-state index contributed by atoms with van der Waals surface area (Å²) in [6.45, 7) is 1.88. The summed E-state index contributed by atoms with van der Waals surface area (Å²) in [5, 5.41) is 4.43. The molecule has 0 aliphatic heterocycles. The first kappa shape index (κ1) is 18.1. The van der Waals surface area contributed by atoms with Crippen molar-refractivity contribution in [2.45, 2.75) is 18.4 Å². The van der Waals surface area contributed by atoms with Crippen molar-refractivity contribution < 1.29 is 13.2 Å². The lowest BCUT2D eigenvalue weighted by Crippen LogP contribution is -2.25. The van der Waals surface area contributed by atoms with Crippen LogP contribution >= 0.6 is 0 Å². The minimum Gasteiger partial charge on any atom is -0.497 e. The Morgan fingerprint density at radius 2 is 1.88 bits per heavy atom. The number of benzene rings is 1. The van der Waals surface area contributed by atoms with Crippen molar-refractivity contribution in [1.29, 1.82) is 0 Å². The van der Waals surface area contributed by atoms with E-state index in [1.807, 2.05) is 18.2 Å². The lowest BCUT2D eigenvalue weighted by Gasteiger charge is -2.10. The number of ether oxygens (including phenoxy) is 1. The molecule has 0 aliphatic carbocycles. The van der Waals surface area contributed by atoms with E-state index in [0.717, 1.165) is 17.0 Å². The molecule has 2 heterocycles. The lowest BCUT2D eigenvalue weighted by atomic mass is 10.2. The van der Waals surface area contributed by atoms with Crippen LogP contribution in [0.15, 0.2) is 53.7 Å². The number of hydrogen-bond donors (Lipinski definition) is 1.